The molecule has 6 heteroatoms. The first-order valence-corrected chi connectivity index (χ1v) is 11.5. The van der Waals surface area contributed by atoms with Gasteiger partial charge in [0.2, 0.25) is 0 Å². The van der Waals surface area contributed by atoms with E-state index >= 15 is 0 Å². The van der Waals surface area contributed by atoms with E-state index in [4.69, 9.17) is 21.7 Å². The van der Waals surface area contributed by atoms with Gasteiger partial charge >= 0.3 is 0 Å². The molecule has 0 saturated carbocycles. The molecule has 5 nitrogen and oxygen atoms in total. The summed E-state index contributed by atoms with van der Waals surface area (Å²) in [5.41, 5.74) is 2.53. The normalized spacial score (nSPS) is 10.5. The lowest BCUT2D eigenvalue weighted by Crippen LogP contribution is -2.34. The highest BCUT2D eigenvalue weighted by molar-refractivity contribution is 7.80. The first-order chi connectivity index (χ1) is 16.0. The Balaban J connectivity index is 1.47. The number of carbonyl (C=O) groups is 1. The molecule has 0 aliphatic heterocycles. The van der Waals surface area contributed by atoms with Crippen LogP contribution in [0, 0.1) is 5.92 Å². The zero-order chi connectivity index (χ0) is 23.5. The van der Waals surface area contributed by atoms with Gasteiger partial charge in [-0.25, -0.2) is 0 Å². The van der Waals surface area contributed by atoms with Crippen LogP contribution in [-0.2, 0) is 6.42 Å². The van der Waals surface area contributed by atoms with Crippen LogP contribution in [-0.4, -0.2) is 24.2 Å². The van der Waals surface area contributed by atoms with E-state index in [2.05, 4.69) is 36.6 Å². The molecule has 3 aromatic rings. The summed E-state index contributed by atoms with van der Waals surface area (Å²) in [6, 6.07) is 24.9. The number of hydrogen-bond acceptors (Lipinski definition) is 4. The van der Waals surface area contributed by atoms with Gasteiger partial charge in [0.15, 0.2) is 5.11 Å². The number of ether oxygens (including phenoxy) is 2. The van der Waals surface area contributed by atoms with E-state index in [0.29, 0.717) is 30.4 Å². The van der Waals surface area contributed by atoms with E-state index in [1.54, 1.807) is 18.2 Å². The van der Waals surface area contributed by atoms with Crippen molar-refractivity contribution >= 4 is 28.9 Å². The Kier molecular flexibility index (Phi) is 9.27. The molecule has 0 saturated heterocycles. The van der Waals surface area contributed by atoms with Gasteiger partial charge in [0.05, 0.1) is 13.2 Å². The minimum absolute atomic E-state index is 0.217. The smallest absolute Gasteiger partial charge is 0.257 e. The monoisotopic (exact) mass is 462 g/mol. The van der Waals surface area contributed by atoms with Crippen molar-refractivity contribution in [3.05, 3.63) is 90.0 Å². The topological polar surface area (TPSA) is 59.6 Å². The number of aryl methyl sites for hydroxylation is 1. The van der Waals surface area contributed by atoms with Gasteiger partial charge in [-0.3, -0.25) is 10.1 Å². The van der Waals surface area contributed by atoms with Crippen LogP contribution in [0.4, 0.5) is 5.69 Å². The Morgan fingerprint density at radius 1 is 0.909 bits per heavy atom. The molecular weight excluding hydrogens is 432 g/mol. The first-order valence-electron chi connectivity index (χ1n) is 11.1. The van der Waals surface area contributed by atoms with Crippen molar-refractivity contribution in [1.29, 1.82) is 0 Å². The van der Waals surface area contributed by atoms with Crippen molar-refractivity contribution in [2.24, 2.45) is 5.92 Å². The largest absolute Gasteiger partial charge is 0.494 e. The SMILES string of the molecule is CC(C)COc1cccc(C(=O)NC(=S)Nc2cccc(OCCCc3ccccc3)c2)c1. The second kappa shape index (κ2) is 12.6. The fourth-order valence-corrected chi connectivity index (χ4v) is 3.31. The summed E-state index contributed by atoms with van der Waals surface area (Å²) >= 11 is 5.32. The molecule has 0 aliphatic carbocycles. The molecular formula is C27H30N2O3S. The molecule has 0 radical (unpaired) electrons. The third kappa shape index (κ3) is 8.58. The van der Waals surface area contributed by atoms with E-state index in [0.717, 1.165) is 24.3 Å². The highest BCUT2D eigenvalue weighted by Crippen LogP contribution is 2.18. The number of benzene rings is 3. The second-order valence-corrected chi connectivity index (χ2v) is 8.51. The third-order valence-electron chi connectivity index (χ3n) is 4.72. The van der Waals surface area contributed by atoms with Crippen molar-refractivity contribution in [2.45, 2.75) is 26.7 Å². The average molecular weight is 463 g/mol. The maximum atomic E-state index is 12.6. The number of thiocarbonyl (C=S) groups is 1. The summed E-state index contributed by atoms with van der Waals surface area (Å²) < 4.78 is 11.6. The predicted octanol–water partition coefficient (Wildman–Crippen LogP) is 5.86. The highest BCUT2D eigenvalue weighted by atomic mass is 32.1. The zero-order valence-electron chi connectivity index (χ0n) is 19.0. The van der Waals surface area contributed by atoms with Crippen molar-refractivity contribution in [1.82, 2.24) is 5.32 Å². The number of anilines is 1. The van der Waals surface area contributed by atoms with Crippen LogP contribution in [0.1, 0.15) is 36.2 Å². The maximum absolute atomic E-state index is 12.6. The van der Waals surface area contributed by atoms with Gasteiger partial charge in [0, 0.05) is 17.3 Å². The summed E-state index contributed by atoms with van der Waals surface area (Å²) in [5, 5.41) is 5.97. The molecule has 0 fully saturated rings. The molecule has 0 bridgehead atoms. The van der Waals surface area contributed by atoms with Crippen LogP contribution < -0.4 is 20.1 Å². The van der Waals surface area contributed by atoms with Gasteiger partial charge in [-0.05, 0) is 66.9 Å². The molecule has 0 aliphatic rings. The molecule has 33 heavy (non-hydrogen) atoms. The van der Waals surface area contributed by atoms with Crippen molar-refractivity contribution < 1.29 is 14.3 Å². The lowest BCUT2D eigenvalue weighted by molar-refractivity contribution is 0.0977. The van der Waals surface area contributed by atoms with E-state index in [-0.39, 0.29) is 11.0 Å². The highest BCUT2D eigenvalue weighted by Gasteiger charge is 2.10. The number of rotatable bonds is 10. The second-order valence-electron chi connectivity index (χ2n) is 8.11. The fraction of sp³-hybridized carbons (Fsp3) is 0.259. The van der Waals surface area contributed by atoms with Crippen molar-refractivity contribution in [3.8, 4) is 11.5 Å². The molecule has 3 rings (SSSR count). The van der Waals surface area contributed by atoms with E-state index in [1.165, 1.54) is 5.56 Å². The van der Waals surface area contributed by atoms with Gasteiger partial charge < -0.3 is 14.8 Å². The molecule has 1 amide bonds. The molecule has 0 atom stereocenters. The minimum Gasteiger partial charge on any atom is -0.494 e. The van der Waals surface area contributed by atoms with Gasteiger partial charge in [0.1, 0.15) is 11.5 Å². The zero-order valence-corrected chi connectivity index (χ0v) is 19.9. The molecule has 0 spiro atoms. The van der Waals surface area contributed by atoms with Gasteiger partial charge in [0.25, 0.3) is 5.91 Å². The van der Waals surface area contributed by atoms with Crippen LogP contribution in [0.3, 0.4) is 0 Å². The molecule has 3 aromatic carbocycles. The number of carbonyl (C=O) groups excluding carboxylic acids is 1. The van der Waals surface area contributed by atoms with Crippen LogP contribution in [0.25, 0.3) is 0 Å². The molecule has 2 N–H and O–H groups in total. The van der Waals surface area contributed by atoms with Crippen LogP contribution in [0.5, 0.6) is 11.5 Å². The Hall–Kier alpha value is -3.38. The lowest BCUT2D eigenvalue weighted by atomic mass is 10.1. The number of nitrogens with one attached hydrogen (secondary N) is 2. The molecule has 0 aromatic heterocycles. The third-order valence-corrected chi connectivity index (χ3v) is 4.92. The maximum Gasteiger partial charge on any atom is 0.257 e. The van der Waals surface area contributed by atoms with Gasteiger partial charge in [-0.2, -0.15) is 0 Å². The summed E-state index contributed by atoms with van der Waals surface area (Å²) in [6.07, 6.45) is 1.90. The summed E-state index contributed by atoms with van der Waals surface area (Å²) in [6.45, 7) is 5.36. The molecule has 0 heterocycles. The summed E-state index contributed by atoms with van der Waals surface area (Å²) in [4.78, 5) is 12.6. The average Bonchev–Trinajstić information content (AvgIpc) is 2.81. The van der Waals surface area contributed by atoms with E-state index < -0.39 is 0 Å². The summed E-state index contributed by atoms with van der Waals surface area (Å²) in [5.74, 6) is 1.52. The van der Waals surface area contributed by atoms with Crippen molar-refractivity contribution in [2.75, 3.05) is 18.5 Å². The minimum atomic E-state index is -0.296. The summed E-state index contributed by atoms with van der Waals surface area (Å²) in [7, 11) is 0. The standard InChI is InChI=1S/C27H30N2O3S/c1-20(2)19-32-24-14-6-12-22(17-24)26(30)29-27(33)28-23-13-7-15-25(18-23)31-16-8-11-21-9-4-3-5-10-21/h3-7,9-10,12-15,17-18,20H,8,11,16,19H2,1-2H3,(H2,28,29,30,33). The molecule has 0 unspecified atom stereocenters. The van der Waals surface area contributed by atoms with Crippen LogP contribution in [0.2, 0.25) is 0 Å². The van der Waals surface area contributed by atoms with Crippen LogP contribution in [0.15, 0.2) is 78.9 Å². The Bertz CT molecular complexity index is 1050. The Labute approximate surface area is 201 Å². The molecule has 172 valence electrons. The Morgan fingerprint density at radius 3 is 2.39 bits per heavy atom. The predicted molar refractivity (Wildman–Crippen MR) is 137 cm³/mol. The van der Waals surface area contributed by atoms with E-state index in [1.807, 2.05) is 48.5 Å². The Morgan fingerprint density at radius 2 is 1.64 bits per heavy atom. The van der Waals surface area contributed by atoms with Gasteiger partial charge in [-0.1, -0.05) is 56.3 Å². The van der Waals surface area contributed by atoms with Gasteiger partial charge in [-0.15, -0.1) is 0 Å². The lowest BCUT2D eigenvalue weighted by Gasteiger charge is -2.12. The van der Waals surface area contributed by atoms with E-state index in [9.17, 15) is 4.79 Å². The quantitative estimate of drug-likeness (QED) is 0.292. The first kappa shape index (κ1) is 24.3. The fourth-order valence-electron chi connectivity index (χ4n) is 3.10. The van der Waals surface area contributed by atoms with Crippen LogP contribution >= 0.6 is 12.2 Å². The van der Waals surface area contributed by atoms with Crippen molar-refractivity contribution in [3.63, 3.8) is 0 Å². The number of hydrogen-bond donors (Lipinski definition) is 2. The number of amides is 1.